The number of sulfone groups is 1. The van der Waals surface area contributed by atoms with Crippen LogP contribution in [0.5, 0.6) is 0 Å². The molecule has 0 bridgehead atoms. The van der Waals surface area contributed by atoms with Gasteiger partial charge < -0.3 is 14.8 Å². The van der Waals surface area contributed by atoms with Gasteiger partial charge in [-0.1, -0.05) is 18.2 Å². The fraction of sp³-hybridized carbons (Fsp3) is 0.348. The monoisotopic (exact) mass is 477 g/mol. The predicted molar refractivity (Wildman–Crippen MR) is 121 cm³/mol. The zero-order valence-electron chi connectivity index (χ0n) is 17.6. The topological polar surface area (TPSA) is 81.7 Å². The van der Waals surface area contributed by atoms with Crippen molar-refractivity contribution in [2.75, 3.05) is 20.3 Å². The van der Waals surface area contributed by atoms with Crippen LogP contribution in [0.4, 0.5) is 4.39 Å². The lowest BCUT2D eigenvalue weighted by Crippen LogP contribution is -2.29. The van der Waals surface area contributed by atoms with Gasteiger partial charge in [0.25, 0.3) is 5.91 Å². The number of hydrogen-bond donors (Lipinski definition) is 1. The second-order valence-electron chi connectivity index (χ2n) is 7.64. The van der Waals surface area contributed by atoms with Gasteiger partial charge in [0.2, 0.25) is 0 Å². The van der Waals surface area contributed by atoms with Crippen LogP contribution in [0.3, 0.4) is 0 Å². The fourth-order valence-electron chi connectivity index (χ4n) is 3.87. The lowest BCUT2D eigenvalue weighted by Gasteiger charge is -2.22. The van der Waals surface area contributed by atoms with Crippen molar-refractivity contribution in [1.29, 1.82) is 0 Å². The first-order valence-corrected chi connectivity index (χ1v) is 12.7. The summed E-state index contributed by atoms with van der Waals surface area (Å²) in [7, 11) is -1.90. The van der Waals surface area contributed by atoms with Gasteiger partial charge in [-0.25, -0.2) is 12.8 Å². The molecular weight excluding hydrogens is 453 g/mol. The molecule has 0 saturated carbocycles. The number of rotatable bonds is 7. The van der Waals surface area contributed by atoms with Crippen molar-refractivity contribution in [1.82, 2.24) is 5.32 Å². The molecule has 3 aromatic rings. The molecule has 2 heterocycles. The molecule has 9 heteroatoms. The Morgan fingerprint density at radius 2 is 1.91 bits per heavy atom. The third-order valence-corrected chi connectivity index (χ3v) is 9.04. The van der Waals surface area contributed by atoms with Crippen molar-refractivity contribution in [3.63, 3.8) is 0 Å². The van der Waals surface area contributed by atoms with Crippen molar-refractivity contribution in [2.45, 2.75) is 36.1 Å². The van der Waals surface area contributed by atoms with E-state index in [1.807, 2.05) is 0 Å². The number of halogens is 1. The lowest BCUT2D eigenvalue weighted by atomic mass is 10.1. The summed E-state index contributed by atoms with van der Waals surface area (Å²) in [6, 6.07) is 11.3. The number of methoxy groups -OCH3 is 1. The Morgan fingerprint density at radius 3 is 2.59 bits per heavy atom. The molecular formula is C23H24FNO5S2. The molecule has 1 N–H and O–H groups in total. The molecule has 1 aliphatic rings. The normalized spacial score (nSPS) is 15.2. The largest absolute Gasteiger partial charge is 0.381 e. The number of hydrogen-bond acceptors (Lipinski definition) is 6. The van der Waals surface area contributed by atoms with Crippen molar-refractivity contribution < 1.29 is 27.1 Å². The molecule has 0 radical (unpaired) electrons. The quantitative estimate of drug-likeness (QED) is 0.555. The van der Waals surface area contributed by atoms with Gasteiger partial charge in [-0.3, -0.25) is 4.79 Å². The van der Waals surface area contributed by atoms with E-state index in [1.165, 1.54) is 24.5 Å². The van der Waals surface area contributed by atoms with E-state index in [0.717, 1.165) is 5.56 Å². The predicted octanol–water partition coefficient (Wildman–Crippen LogP) is 4.07. The first-order chi connectivity index (χ1) is 15.4. The van der Waals surface area contributed by atoms with Gasteiger partial charge in [-0.2, -0.15) is 0 Å². The molecule has 0 atom stereocenters. The summed E-state index contributed by atoms with van der Waals surface area (Å²) in [6.07, 6.45) is 0.999. The molecule has 0 spiro atoms. The molecule has 6 nitrogen and oxygen atoms in total. The Bertz CT molecular complexity index is 1220. The number of nitrogens with one attached hydrogen (secondary N) is 1. The zero-order valence-corrected chi connectivity index (χ0v) is 19.2. The molecule has 1 aliphatic heterocycles. The van der Waals surface area contributed by atoms with Crippen LogP contribution in [-0.4, -0.2) is 39.9 Å². The highest BCUT2D eigenvalue weighted by atomic mass is 32.2. The molecule has 0 unspecified atom stereocenters. The Hall–Kier alpha value is -2.33. The minimum absolute atomic E-state index is 0.127. The minimum atomic E-state index is -3.40. The SMILES string of the molecule is COCc1c(C(=O)NCc2ccc(S(=O)(=O)C3CCOCC3)cc2)sc2cccc(F)c12. The van der Waals surface area contributed by atoms with E-state index in [9.17, 15) is 17.6 Å². The molecule has 32 heavy (non-hydrogen) atoms. The van der Waals surface area contributed by atoms with Crippen LogP contribution in [0.15, 0.2) is 47.4 Å². The molecule has 1 amide bonds. The van der Waals surface area contributed by atoms with E-state index in [4.69, 9.17) is 9.47 Å². The van der Waals surface area contributed by atoms with E-state index in [0.29, 0.717) is 46.6 Å². The summed E-state index contributed by atoms with van der Waals surface area (Å²) in [5.41, 5.74) is 1.30. The molecule has 4 rings (SSSR count). The van der Waals surface area contributed by atoms with Crippen molar-refractivity contribution in [3.8, 4) is 0 Å². The summed E-state index contributed by atoms with van der Waals surface area (Å²) < 4.78 is 51.1. The van der Waals surface area contributed by atoms with Crippen LogP contribution >= 0.6 is 11.3 Å². The number of carbonyl (C=O) groups excluding carboxylic acids is 1. The highest BCUT2D eigenvalue weighted by Crippen LogP contribution is 2.34. The Balaban J connectivity index is 1.48. The number of carbonyl (C=O) groups is 1. The summed E-state index contributed by atoms with van der Waals surface area (Å²) in [6.45, 7) is 1.27. The van der Waals surface area contributed by atoms with Crippen LogP contribution in [-0.2, 0) is 32.5 Å². The minimum Gasteiger partial charge on any atom is -0.381 e. The van der Waals surface area contributed by atoms with Gasteiger partial charge in [-0.05, 0) is 42.7 Å². The molecule has 1 fully saturated rings. The maximum atomic E-state index is 14.3. The second-order valence-corrected chi connectivity index (χ2v) is 10.9. The average molecular weight is 478 g/mol. The van der Waals surface area contributed by atoms with Crippen molar-refractivity contribution in [2.24, 2.45) is 0 Å². The summed E-state index contributed by atoms with van der Waals surface area (Å²) in [5.74, 6) is -0.706. The fourth-order valence-corrected chi connectivity index (χ4v) is 6.72. The number of thiophene rings is 1. The van der Waals surface area contributed by atoms with Gasteiger partial charge in [0, 0.05) is 42.5 Å². The Labute approximate surface area is 190 Å². The molecule has 0 aliphatic carbocycles. The number of ether oxygens (including phenoxy) is 2. The summed E-state index contributed by atoms with van der Waals surface area (Å²) >= 11 is 1.22. The maximum Gasteiger partial charge on any atom is 0.262 e. The van der Waals surface area contributed by atoms with Gasteiger partial charge in [0.1, 0.15) is 5.82 Å². The van der Waals surface area contributed by atoms with E-state index >= 15 is 0 Å². The van der Waals surface area contributed by atoms with Crippen LogP contribution < -0.4 is 5.32 Å². The number of amides is 1. The molecule has 1 saturated heterocycles. The summed E-state index contributed by atoms with van der Waals surface area (Å²) in [4.78, 5) is 13.5. The van der Waals surface area contributed by atoms with Crippen LogP contribution in [0.1, 0.15) is 33.6 Å². The first-order valence-electron chi connectivity index (χ1n) is 10.3. The van der Waals surface area contributed by atoms with Crippen LogP contribution in [0, 0.1) is 5.82 Å². The number of fused-ring (bicyclic) bond motifs is 1. The lowest BCUT2D eigenvalue weighted by molar-refractivity contribution is 0.0950. The summed E-state index contributed by atoms with van der Waals surface area (Å²) in [5, 5.41) is 2.83. The first kappa shape index (κ1) is 22.8. The molecule has 2 aromatic carbocycles. The number of benzene rings is 2. The highest BCUT2D eigenvalue weighted by Gasteiger charge is 2.29. The smallest absolute Gasteiger partial charge is 0.262 e. The van der Waals surface area contributed by atoms with E-state index in [-0.39, 0.29) is 29.8 Å². The Kier molecular flexibility index (Phi) is 6.90. The van der Waals surface area contributed by atoms with Gasteiger partial charge in [0.15, 0.2) is 9.84 Å². The van der Waals surface area contributed by atoms with Crippen LogP contribution in [0.2, 0.25) is 0 Å². The third kappa shape index (κ3) is 4.56. The van der Waals surface area contributed by atoms with E-state index in [2.05, 4.69) is 5.32 Å². The molecule has 1 aromatic heterocycles. The van der Waals surface area contributed by atoms with Crippen molar-refractivity contribution >= 4 is 37.2 Å². The molecule has 170 valence electrons. The average Bonchev–Trinajstić information content (AvgIpc) is 3.18. The maximum absolute atomic E-state index is 14.3. The van der Waals surface area contributed by atoms with E-state index in [1.54, 1.807) is 36.4 Å². The van der Waals surface area contributed by atoms with Crippen LogP contribution in [0.25, 0.3) is 10.1 Å². The van der Waals surface area contributed by atoms with Gasteiger partial charge in [-0.15, -0.1) is 11.3 Å². The van der Waals surface area contributed by atoms with Gasteiger partial charge in [0.05, 0.1) is 21.6 Å². The third-order valence-electron chi connectivity index (χ3n) is 5.57. The Morgan fingerprint density at radius 1 is 1.19 bits per heavy atom. The highest BCUT2D eigenvalue weighted by molar-refractivity contribution is 7.92. The van der Waals surface area contributed by atoms with Gasteiger partial charge >= 0.3 is 0 Å². The van der Waals surface area contributed by atoms with E-state index < -0.39 is 15.1 Å². The second kappa shape index (κ2) is 9.66. The van der Waals surface area contributed by atoms with Crippen molar-refractivity contribution in [3.05, 3.63) is 64.3 Å². The zero-order chi connectivity index (χ0) is 22.7. The standard InChI is InChI=1S/C23H24FNO5S2/c1-29-14-18-21-19(24)3-2-4-20(21)31-22(18)23(26)25-13-15-5-7-16(8-6-15)32(27,28)17-9-11-30-12-10-17/h2-8,17H,9-14H2,1H3,(H,25,26).